The molecule has 1 aliphatic heterocycles. The molecule has 1 unspecified atom stereocenters. The Morgan fingerprint density at radius 2 is 1.75 bits per heavy atom. The number of anilines is 2. The Bertz CT molecular complexity index is 1220. The molecule has 2 N–H and O–H groups in total. The summed E-state index contributed by atoms with van der Waals surface area (Å²) in [6.07, 6.45) is 0.169. The van der Waals surface area contributed by atoms with E-state index in [0.29, 0.717) is 36.0 Å². The number of nitrogens with zero attached hydrogens (tertiary/aromatic N) is 1. The van der Waals surface area contributed by atoms with Gasteiger partial charge >= 0.3 is 0 Å². The molecule has 3 amide bonds. The Hall–Kier alpha value is -4.33. The summed E-state index contributed by atoms with van der Waals surface area (Å²) in [5.41, 5.74) is 3.48. The van der Waals surface area contributed by atoms with Crippen LogP contribution in [0.1, 0.15) is 17.5 Å². The number of nitrogens with one attached hydrogen (secondary N) is 2. The van der Waals surface area contributed by atoms with Crippen LogP contribution in [0, 0.1) is 12.8 Å². The predicted octanol–water partition coefficient (Wildman–Crippen LogP) is 3.69. The van der Waals surface area contributed by atoms with Gasteiger partial charge in [0.1, 0.15) is 11.5 Å². The van der Waals surface area contributed by atoms with E-state index < -0.39 is 5.92 Å². The normalized spacial score (nSPS) is 14.9. The van der Waals surface area contributed by atoms with Gasteiger partial charge in [-0.05, 0) is 48.9 Å². The lowest BCUT2D eigenvalue weighted by atomic mass is 10.1. The molecule has 0 saturated carbocycles. The maximum Gasteiger partial charge on any atom is 0.262 e. The molecule has 1 fully saturated rings. The van der Waals surface area contributed by atoms with Gasteiger partial charge in [0.2, 0.25) is 11.8 Å². The summed E-state index contributed by atoms with van der Waals surface area (Å²) in [6.45, 7) is 2.60. The maximum atomic E-state index is 12.6. The van der Waals surface area contributed by atoms with Crippen molar-refractivity contribution in [3.63, 3.8) is 0 Å². The van der Waals surface area contributed by atoms with Crippen LogP contribution in [-0.4, -0.2) is 38.0 Å². The average molecular weight is 488 g/mol. The molecule has 186 valence electrons. The minimum Gasteiger partial charge on any atom is -0.497 e. The lowest BCUT2D eigenvalue weighted by Gasteiger charge is -2.17. The van der Waals surface area contributed by atoms with E-state index in [2.05, 4.69) is 10.6 Å². The third kappa shape index (κ3) is 6.41. The molecule has 0 bridgehead atoms. The van der Waals surface area contributed by atoms with Gasteiger partial charge in [0, 0.05) is 37.0 Å². The molecule has 0 aliphatic carbocycles. The second kappa shape index (κ2) is 11.4. The SMILES string of the molecule is COc1cccc(NC(=O)COc2ccc(N3CC(C(=O)NCc4ccc(C)cc4)CC3=O)cc2)c1. The molecular weight excluding hydrogens is 458 g/mol. The van der Waals surface area contributed by atoms with Gasteiger partial charge in [-0.2, -0.15) is 0 Å². The van der Waals surface area contributed by atoms with Crippen molar-refractivity contribution in [1.82, 2.24) is 5.32 Å². The van der Waals surface area contributed by atoms with E-state index >= 15 is 0 Å². The second-order valence-corrected chi connectivity index (χ2v) is 8.67. The van der Waals surface area contributed by atoms with Gasteiger partial charge in [-0.1, -0.05) is 35.9 Å². The fraction of sp³-hybridized carbons (Fsp3) is 0.250. The highest BCUT2D eigenvalue weighted by Gasteiger charge is 2.35. The fourth-order valence-electron chi connectivity index (χ4n) is 3.94. The number of methoxy groups -OCH3 is 1. The molecule has 1 saturated heterocycles. The van der Waals surface area contributed by atoms with Crippen LogP contribution in [0.2, 0.25) is 0 Å². The number of carbonyl (C=O) groups excluding carboxylic acids is 3. The Kier molecular flexibility index (Phi) is 7.85. The summed E-state index contributed by atoms with van der Waals surface area (Å²) in [7, 11) is 1.56. The van der Waals surface area contributed by atoms with E-state index in [9.17, 15) is 14.4 Å². The van der Waals surface area contributed by atoms with Gasteiger partial charge in [-0.3, -0.25) is 14.4 Å². The van der Waals surface area contributed by atoms with Crippen LogP contribution in [0.4, 0.5) is 11.4 Å². The number of aryl methyl sites for hydroxylation is 1. The zero-order valence-corrected chi connectivity index (χ0v) is 20.3. The molecule has 3 aromatic rings. The van der Waals surface area contributed by atoms with Crippen LogP contribution >= 0.6 is 0 Å². The van der Waals surface area contributed by atoms with Crippen LogP contribution in [0.25, 0.3) is 0 Å². The van der Waals surface area contributed by atoms with E-state index in [1.54, 1.807) is 60.5 Å². The smallest absolute Gasteiger partial charge is 0.262 e. The Morgan fingerprint density at radius 1 is 1.00 bits per heavy atom. The van der Waals surface area contributed by atoms with E-state index in [0.717, 1.165) is 11.1 Å². The van der Waals surface area contributed by atoms with Gasteiger partial charge in [-0.25, -0.2) is 0 Å². The lowest BCUT2D eigenvalue weighted by Crippen LogP contribution is -2.32. The Balaban J connectivity index is 1.26. The first-order valence-electron chi connectivity index (χ1n) is 11.7. The highest BCUT2D eigenvalue weighted by Crippen LogP contribution is 2.27. The third-order valence-corrected chi connectivity index (χ3v) is 5.95. The van der Waals surface area contributed by atoms with E-state index in [1.807, 2.05) is 31.2 Å². The Morgan fingerprint density at radius 3 is 2.47 bits per heavy atom. The zero-order chi connectivity index (χ0) is 25.5. The van der Waals surface area contributed by atoms with Crippen LogP contribution in [0.3, 0.4) is 0 Å². The van der Waals surface area contributed by atoms with Crippen LogP contribution < -0.4 is 25.0 Å². The molecule has 4 rings (SSSR count). The fourth-order valence-corrected chi connectivity index (χ4v) is 3.94. The average Bonchev–Trinajstić information content (AvgIpc) is 3.29. The maximum absolute atomic E-state index is 12.6. The van der Waals surface area contributed by atoms with Gasteiger partial charge < -0.3 is 25.0 Å². The van der Waals surface area contributed by atoms with E-state index in [-0.39, 0.29) is 30.7 Å². The van der Waals surface area contributed by atoms with Crippen molar-refractivity contribution >= 4 is 29.1 Å². The van der Waals surface area contributed by atoms with Crippen LogP contribution in [0.5, 0.6) is 11.5 Å². The first-order valence-corrected chi connectivity index (χ1v) is 11.7. The molecule has 0 radical (unpaired) electrons. The standard InChI is InChI=1S/C28H29N3O5/c1-19-6-8-20(9-7-19)16-29-28(34)21-14-27(33)31(17-21)23-10-12-24(13-11-23)36-18-26(32)30-22-4-3-5-25(15-22)35-2/h3-13,15,21H,14,16-18H2,1-2H3,(H,29,34)(H,30,32). The van der Waals surface area contributed by atoms with Crippen molar-refractivity contribution in [3.05, 3.63) is 83.9 Å². The van der Waals surface area contributed by atoms with Gasteiger partial charge in [-0.15, -0.1) is 0 Å². The summed E-state index contributed by atoms with van der Waals surface area (Å²) < 4.78 is 10.7. The second-order valence-electron chi connectivity index (χ2n) is 8.67. The largest absolute Gasteiger partial charge is 0.497 e. The van der Waals surface area contributed by atoms with Crippen molar-refractivity contribution in [3.8, 4) is 11.5 Å². The monoisotopic (exact) mass is 487 g/mol. The molecule has 3 aromatic carbocycles. The van der Waals surface area contributed by atoms with Crippen LogP contribution in [0.15, 0.2) is 72.8 Å². The molecule has 1 heterocycles. The number of amides is 3. The topological polar surface area (TPSA) is 97.0 Å². The number of hydrogen-bond acceptors (Lipinski definition) is 5. The van der Waals surface area contributed by atoms with Gasteiger partial charge in [0.05, 0.1) is 13.0 Å². The summed E-state index contributed by atoms with van der Waals surface area (Å²) in [5, 5.41) is 5.68. The molecular formula is C28H29N3O5. The minimum absolute atomic E-state index is 0.100. The summed E-state index contributed by atoms with van der Waals surface area (Å²) in [4.78, 5) is 39.0. The molecule has 0 spiro atoms. The van der Waals surface area contributed by atoms with Crippen LogP contribution in [-0.2, 0) is 20.9 Å². The van der Waals surface area contributed by atoms with Crippen molar-refractivity contribution in [2.75, 3.05) is 30.5 Å². The summed E-state index contributed by atoms with van der Waals surface area (Å²) >= 11 is 0. The van der Waals surface area contributed by atoms with E-state index in [4.69, 9.17) is 9.47 Å². The molecule has 1 atom stereocenters. The molecule has 8 heteroatoms. The number of carbonyl (C=O) groups is 3. The van der Waals surface area contributed by atoms with Crippen molar-refractivity contribution in [2.45, 2.75) is 19.9 Å². The van der Waals surface area contributed by atoms with Gasteiger partial charge in [0.25, 0.3) is 5.91 Å². The first kappa shape index (κ1) is 24.8. The van der Waals surface area contributed by atoms with Crippen molar-refractivity contribution in [2.24, 2.45) is 5.92 Å². The molecule has 36 heavy (non-hydrogen) atoms. The zero-order valence-electron chi connectivity index (χ0n) is 20.3. The predicted molar refractivity (Wildman–Crippen MR) is 137 cm³/mol. The lowest BCUT2D eigenvalue weighted by molar-refractivity contribution is -0.126. The number of rotatable bonds is 9. The minimum atomic E-state index is -0.404. The summed E-state index contributed by atoms with van der Waals surface area (Å²) in [6, 6.07) is 21.9. The molecule has 8 nitrogen and oxygen atoms in total. The molecule has 1 aliphatic rings. The Labute approximate surface area is 210 Å². The number of ether oxygens (including phenoxy) is 2. The van der Waals surface area contributed by atoms with E-state index in [1.165, 1.54) is 0 Å². The highest BCUT2D eigenvalue weighted by molar-refractivity contribution is 6.00. The van der Waals surface area contributed by atoms with Crippen molar-refractivity contribution < 1.29 is 23.9 Å². The third-order valence-electron chi connectivity index (χ3n) is 5.95. The van der Waals surface area contributed by atoms with Gasteiger partial charge in [0.15, 0.2) is 6.61 Å². The first-order chi connectivity index (χ1) is 17.4. The quantitative estimate of drug-likeness (QED) is 0.480. The summed E-state index contributed by atoms with van der Waals surface area (Å²) in [5.74, 6) is 0.205. The molecule has 0 aromatic heterocycles. The number of benzene rings is 3. The van der Waals surface area contributed by atoms with Crippen molar-refractivity contribution in [1.29, 1.82) is 0 Å². The highest BCUT2D eigenvalue weighted by atomic mass is 16.5. The number of hydrogen-bond donors (Lipinski definition) is 2.